The summed E-state index contributed by atoms with van der Waals surface area (Å²) in [6.45, 7) is 5.77. The topological polar surface area (TPSA) is 24.5 Å². The fourth-order valence-corrected chi connectivity index (χ4v) is 3.36. The van der Waals surface area contributed by atoms with E-state index < -0.39 is 0 Å². The molecule has 1 aromatic rings. The lowest BCUT2D eigenvalue weighted by Crippen LogP contribution is -2.49. The maximum Gasteiger partial charge on any atom is 0.0896 e. The number of hydrogen-bond donors (Lipinski definition) is 1. The second kappa shape index (κ2) is 7.62. The number of halogens is 2. The van der Waals surface area contributed by atoms with Crippen LogP contribution in [0.4, 0.5) is 0 Å². The van der Waals surface area contributed by atoms with Crippen molar-refractivity contribution in [2.45, 2.75) is 25.5 Å². The Hall–Kier alpha value is -0.320. The second-order valence-electron chi connectivity index (χ2n) is 5.11. The van der Waals surface area contributed by atoms with E-state index in [-0.39, 0.29) is 12.1 Å². The van der Waals surface area contributed by atoms with E-state index in [1.807, 2.05) is 25.2 Å². The van der Waals surface area contributed by atoms with Gasteiger partial charge in [-0.25, -0.2) is 0 Å². The predicted octanol–water partition coefficient (Wildman–Crippen LogP) is 3.36. The van der Waals surface area contributed by atoms with Gasteiger partial charge in [-0.1, -0.05) is 36.2 Å². The number of ether oxygens (including phenoxy) is 1. The molecule has 5 heteroatoms. The third-order valence-electron chi connectivity index (χ3n) is 3.65. The van der Waals surface area contributed by atoms with Crippen LogP contribution in [0.5, 0.6) is 0 Å². The molecule has 1 aliphatic heterocycles. The number of nitrogens with one attached hydrogen (secondary N) is 1. The first-order valence-electron chi connectivity index (χ1n) is 7.12. The first-order valence-corrected chi connectivity index (χ1v) is 7.88. The van der Waals surface area contributed by atoms with Crippen molar-refractivity contribution in [1.29, 1.82) is 0 Å². The van der Waals surface area contributed by atoms with E-state index in [2.05, 4.69) is 17.1 Å². The maximum atomic E-state index is 6.41. The van der Waals surface area contributed by atoms with Gasteiger partial charge in [0.05, 0.1) is 18.8 Å². The van der Waals surface area contributed by atoms with Gasteiger partial charge in [-0.2, -0.15) is 0 Å². The molecule has 1 aromatic carbocycles. The van der Waals surface area contributed by atoms with E-state index in [0.29, 0.717) is 5.02 Å². The Balaban J connectivity index is 2.32. The molecule has 0 radical (unpaired) electrons. The molecule has 1 N–H and O–H groups in total. The van der Waals surface area contributed by atoms with E-state index >= 15 is 0 Å². The molecule has 0 aliphatic carbocycles. The predicted molar refractivity (Wildman–Crippen MR) is 84.7 cm³/mol. The van der Waals surface area contributed by atoms with Crippen molar-refractivity contribution in [1.82, 2.24) is 10.2 Å². The monoisotopic (exact) mass is 316 g/mol. The molecule has 0 bridgehead atoms. The largest absolute Gasteiger partial charge is 0.374 e. The normalized spacial score (nSPS) is 24.0. The van der Waals surface area contributed by atoms with Crippen LogP contribution >= 0.6 is 23.2 Å². The Bertz CT molecular complexity index is 424. The van der Waals surface area contributed by atoms with Crippen molar-refractivity contribution in [2.24, 2.45) is 0 Å². The lowest BCUT2D eigenvalue weighted by atomic mass is 9.97. The van der Waals surface area contributed by atoms with Crippen molar-refractivity contribution in [3.05, 3.63) is 33.8 Å². The SMILES string of the molecule is CCCN1CCOC(CNC)C1c1ccc(Cl)cc1Cl. The summed E-state index contributed by atoms with van der Waals surface area (Å²) in [5, 5.41) is 4.60. The van der Waals surface area contributed by atoms with Crippen molar-refractivity contribution in [3.63, 3.8) is 0 Å². The van der Waals surface area contributed by atoms with Crippen LogP contribution in [0, 0.1) is 0 Å². The Morgan fingerprint density at radius 3 is 2.85 bits per heavy atom. The molecule has 1 saturated heterocycles. The molecular formula is C15H22Cl2N2O. The van der Waals surface area contributed by atoms with Gasteiger partial charge in [0, 0.05) is 23.1 Å². The zero-order valence-corrected chi connectivity index (χ0v) is 13.5. The summed E-state index contributed by atoms with van der Waals surface area (Å²) in [4.78, 5) is 2.46. The summed E-state index contributed by atoms with van der Waals surface area (Å²) in [5.74, 6) is 0. The van der Waals surface area contributed by atoms with Crippen LogP contribution in [0.25, 0.3) is 0 Å². The van der Waals surface area contributed by atoms with E-state index in [1.165, 1.54) is 0 Å². The van der Waals surface area contributed by atoms with Crippen molar-refractivity contribution >= 4 is 23.2 Å². The lowest BCUT2D eigenvalue weighted by molar-refractivity contribution is -0.0704. The van der Waals surface area contributed by atoms with Gasteiger partial charge in [0.15, 0.2) is 0 Å². The Labute approximate surface area is 131 Å². The third kappa shape index (κ3) is 3.66. The van der Waals surface area contributed by atoms with Crippen LogP contribution < -0.4 is 5.32 Å². The van der Waals surface area contributed by atoms with Gasteiger partial charge in [-0.3, -0.25) is 4.90 Å². The smallest absolute Gasteiger partial charge is 0.0896 e. The third-order valence-corrected chi connectivity index (χ3v) is 4.22. The van der Waals surface area contributed by atoms with Gasteiger partial charge in [0.2, 0.25) is 0 Å². The van der Waals surface area contributed by atoms with Crippen LogP contribution in [0.3, 0.4) is 0 Å². The standard InChI is InChI=1S/C15H22Cl2N2O/c1-3-6-19-7-8-20-14(10-18-2)15(19)12-5-4-11(16)9-13(12)17/h4-5,9,14-15,18H,3,6-8,10H2,1-2H3. The number of rotatable bonds is 5. The number of nitrogens with zero attached hydrogens (tertiary/aromatic N) is 1. The Morgan fingerprint density at radius 1 is 1.40 bits per heavy atom. The Morgan fingerprint density at radius 2 is 2.20 bits per heavy atom. The zero-order chi connectivity index (χ0) is 14.5. The second-order valence-corrected chi connectivity index (χ2v) is 5.96. The highest BCUT2D eigenvalue weighted by Crippen LogP contribution is 2.35. The van der Waals surface area contributed by atoms with Crippen LogP contribution in [0.15, 0.2) is 18.2 Å². The summed E-state index contributed by atoms with van der Waals surface area (Å²) in [7, 11) is 1.95. The summed E-state index contributed by atoms with van der Waals surface area (Å²) >= 11 is 12.4. The van der Waals surface area contributed by atoms with Gasteiger partial charge in [0.25, 0.3) is 0 Å². The summed E-state index contributed by atoms with van der Waals surface area (Å²) in [5.41, 5.74) is 1.10. The van der Waals surface area contributed by atoms with Crippen LogP contribution in [-0.4, -0.2) is 44.3 Å². The van der Waals surface area contributed by atoms with Crippen LogP contribution in [-0.2, 0) is 4.74 Å². The van der Waals surface area contributed by atoms with Gasteiger partial charge in [-0.05, 0) is 37.7 Å². The van der Waals surface area contributed by atoms with Crippen molar-refractivity contribution < 1.29 is 4.74 Å². The molecule has 0 spiro atoms. The fraction of sp³-hybridized carbons (Fsp3) is 0.600. The summed E-state index contributed by atoms with van der Waals surface area (Å²) in [6, 6.07) is 5.92. The molecule has 112 valence electrons. The minimum Gasteiger partial charge on any atom is -0.374 e. The van der Waals surface area contributed by atoms with Crippen LogP contribution in [0.2, 0.25) is 10.0 Å². The van der Waals surface area contributed by atoms with Gasteiger partial charge in [0.1, 0.15) is 0 Å². The van der Waals surface area contributed by atoms with Crippen molar-refractivity contribution in [2.75, 3.05) is 33.3 Å². The van der Waals surface area contributed by atoms with Crippen molar-refractivity contribution in [3.8, 4) is 0 Å². The van der Waals surface area contributed by atoms with Gasteiger partial charge in [-0.15, -0.1) is 0 Å². The zero-order valence-electron chi connectivity index (χ0n) is 12.0. The first-order chi connectivity index (χ1) is 9.67. The molecule has 2 unspecified atom stereocenters. The maximum absolute atomic E-state index is 6.41. The van der Waals surface area contributed by atoms with E-state index in [0.717, 1.165) is 43.2 Å². The number of hydrogen-bond acceptors (Lipinski definition) is 3. The highest BCUT2D eigenvalue weighted by atomic mass is 35.5. The number of morpholine rings is 1. The lowest BCUT2D eigenvalue weighted by Gasteiger charge is -2.41. The fourth-order valence-electron chi connectivity index (χ4n) is 2.83. The molecule has 1 aliphatic rings. The average molecular weight is 317 g/mol. The van der Waals surface area contributed by atoms with Gasteiger partial charge < -0.3 is 10.1 Å². The number of benzene rings is 1. The Kier molecular flexibility index (Phi) is 6.12. The van der Waals surface area contributed by atoms with E-state index in [4.69, 9.17) is 27.9 Å². The highest BCUT2D eigenvalue weighted by molar-refractivity contribution is 6.35. The summed E-state index contributed by atoms with van der Waals surface area (Å²) in [6.07, 6.45) is 1.23. The molecule has 1 heterocycles. The quantitative estimate of drug-likeness (QED) is 0.901. The molecule has 0 aromatic heterocycles. The molecule has 20 heavy (non-hydrogen) atoms. The highest BCUT2D eigenvalue weighted by Gasteiger charge is 2.33. The van der Waals surface area contributed by atoms with E-state index in [1.54, 1.807) is 0 Å². The minimum atomic E-state index is 0.110. The minimum absolute atomic E-state index is 0.110. The first kappa shape index (κ1) is 16.1. The van der Waals surface area contributed by atoms with E-state index in [9.17, 15) is 0 Å². The molecule has 3 nitrogen and oxygen atoms in total. The number of likely N-dealkylation sites (N-methyl/N-ethyl adjacent to an activating group) is 1. The van der Waals surface area contributed by atoms with Gasteiger partial charge >= 0.3 is 0 Å². The molecule has 1 fully saturated rings. The molecule has 2 atom stereocenters. The molecular weight excluding hydrogens is 295 g/mol. The average Bonchev–Trinajstić information content (AvgIpc) is 2.41. The summed E-state index contributed by atoms with van der Waals surface area (Å²) < 4.78 is 5.95. The van der Waals surface area contributed by atoms with Crippen LogP contribution in [0.1, 0.15) is 24.9 Å². The molecule has 2 rings (SSSR count). The molecule has 0 saturated carbocycles. The molecule has 0 amide bonds.